The molecule has 0 radical (unpaired) electrons. The van der Waals surface area contributed by atoms with E-state index in [2.05, 4.69) is 22.8 Å². The van der Waals surface area contributed by atoms with Gasteiger partial charge in [-0.1, -0.05) is 55.5 Å². The maximum absolute atomic E-state index is 12.2. The van der Waals surface area contributed by atoms with Crippen LogP contribution in [-0.4, -0.2) is 42.3 Å². The molecule has 0 bridgehead atoms. The molecule has 2 aromatic carbocycles. The van der Waals surface area contributed by atoms with Crippen LogP contribution in [0.2, 0.25) is 0 Å². The fourth-order valence-corrected chi connectivity index (χ4v) is 3.68. The Morgan fingerprint density at radius 3 is 2.13 bits per heavy atom. The summed E-state index contributed by atoms with van der Waals surface area (Å²) < 4.78 is 5.43. The van der Waals surface area contributed by atoms with E-state index in [0.717, 1.165) is 22.3 Å². The van der Waals surface area contributed by atoms with Crippen molar-refractivity contribution in [3.63, 3.8) is 0 Å². The van der Waals surface area contributed by atoms with Gasteiger partial charge in [0.25, 0.3) is 0 Å². The molecule has 1 aliphatic rings. The fourth-order valence-electron chi connectivity index (χ4n) is 3.68. The van der Waals surface area contributed by atoms with Crippen LogP contribution in [0, 0.1) is 5.92 Å². The van der Waals surface area contributed by atoms with E-state index in [0.29, 0.717) is 0 Å². The fraction of sp³-hybridized carbons (Fsp3) is 0.348. The van der Waals surface area contributed by atoms with E-state index in [1.165, 1.54) is 0 Å². The second-order valence-corrected chi connectivity index (χ2v) is 7.64. The standard InChI is InChI=1S/C23H26N2O5/c1-14(11-21(26)27)12-24-22(28)15(2)25-23(29)30-13-20-18-9-5-3-7-16(18)17-8-4-6-10-19(17)20/h3-10,14-15,20H,11-13H2,1-2H3,(H,24,28)(H,25,29)(H,26,27)/t14?,15-/m1/s1. The number of carbonyl (C=O) groups excluding carboxylic acids is 2. The Balaban J connectivity index is 1.52. The first-order valence-corrected chi connectivity index (χ1v) is 9.97. The zero-order chi connectivity index (χ0) is 21.7. The molecule has 2 aromatic rings. The molecule has 0 saturated heterocycles. The predicted molar refractivity (Wildman–Crippen MR) is 112 cm³/mol. The highest BCUT2D eigenvalue weighted by atomic mass is 16.5. The van der Waals surface area contributed by atoms with Gasteiger partial charge in [0.1, 0.15) is 12.6 Å². The lowest BCUT2D eigenvalue weighted by Gasteiger charge is -2.18. The summed E-state index contributed by atoms with van der Waals surface area (Å²) in [7, 11) is 0. The highest BCUT2D eigenvalue weighted by Gasteiger charge is 2.29. The van der Waals surface area contributed by atoms with Gasteiger partial charge in [-0.25, -0.2) is 4.79 Å². The van der Waals surface area contributed by atoms with E-state index in [9.17, 15) is 14.4 Å². The first-order chi connectivity index (χ1) is 14.4. The number of carboxylic acids is 1. The molecule has 0 spiro atoms. The second-order valence-electron chi connectivity index (χ2n) is 7.64. The van der Waals surface area contributed by atoms with Crippen LogP contribution < -0.4 is 10.6 Å². The molecule has 2 amide bonds. The summed E-state index contributed by atoms with van der Waals surface area (Å²) in [6.07, 6.45) is -0.702. The summed E-state index contributed by atoms with van der Waals surface area (Å²) in [6, 6.07) is 15.3. The Hall–Kier alpha value is -3.35. The van der Waals surface area contributed by atoms with E-state index in [1.54, 1.807) is 13.8 Å². The highest BCUT2D eigenvalue weighted by Crippen LogP contribution is 2.44. The average Bonchev–Trinajstić information content (AvgIpc) is 3.04. The van der Waals surface area contributed by atoms with Gasteiger partial charge in [0.2, 0.25) is 5.91 Å². The third-order valence-electron chi connectivity index (χ3n) is 5.22. The molecule has 0 saturated carbocycles. The zero-order valence-corrected chi connectivity index (χ0v) is 17.1. The topological polar surface area (TPSA) is 105 Å². The number of carboxylic acid groups (broad SMARTS) is 1. The number of carbonyl (C=O) groups is 3. The number of hydrogen-bond donors (Lipinski definition) is 3. The van der Waals surface area contributed by atoms with Gasteiger partial charge in [-0.2, -0.15) is 0 Å². The minimum atomic E-state index is -0.915. The maximum atomic E-state index is 12.2. The van der Waals surface area contributed by atoms with Crippen molar-refractivity contribution in [2.75, 3.05) is 13.2 Å². The van der Waals surface area contributed by atoms with Crippen molar-refractivity contribution < 1.29 is 24.2 Å². The monoisotopic (exact) mass is 410 g/mol. The molecule has 7 nitrogen and oxygen atoms in total. The number of amides is 2. The summed E-state index contributed by atoms with van der Waals surface area (Å²) in [5.74, 6) is -1.56. The van der Waals surface area contributed by atoms with Gasteiger partial charge in [0, 0.05) is 18.9 Å². The molecule has 158 valence electrons. The third kappa shape index (κ3) is 4.97. The molecule has 2 atom stereocenters. The lowest BCUT2D eigenvalue weighted by atomic mass is 9.98. The van der Waals surface area contributed by atoms with E-state index in [4.69, 9.17) is 9.84 Å². The van der Waals surface area contributed by atoms with Gasteiger partial charge in [0.05, 0.1) is 0 Å². The van der Waals surface area contributed by atoms with Crippen molar-refractivity contribution in [1.29, 1.82) is 0 Å². The van der Waals surface area contributed by atoms with Gasteiger partial charge in [0.15, 0.2) is 0 Å². The number of ether oxygens (including phenoxy) is 1. The minimum absolute atomic E-state index is 0.0333. The predicted octanol–water partition coefficient (Wildman–Crippen LogP) is 3.14. The summed E-state index contributed by atoms with van der Waals surface area (Å²) >= 11 is 0. The van der Waals surface area contributed by atoms with Crippen LogP contribution in [0.1, 0.15) is 37.3 Å². The van der Waals surface area contributed by atoms with Crippen molar-refractivity contribution >= 4 is 18.0 Å². The molecule has 7 heteroatoms. The normalized spacial score (nSPS) is 14.2. The molecule has 3 rings (SSSR count). The van der Waals surface area contributed by atoms with Crippen molar-refractivity contribution in [2.24, 2.45) is 5.92 Å². The Morgan fingerprint density at radius 2 is 1.57 bits per heavy atom. The number of rotatable bonds is 8. The van der Waals surface area contributed by atoms with E-state index >= 15 is 0 Å². The smallest absolute Gasteiger partial charge is 0.407 e. The van der Waals surface area contributed by atoms with Crippen molar-refractivity contribution in [2.45, 2.75) is 32.2 Å². The molecule has 0 fully saturated rings. The van der Waals surface area contributed by atoms with E-state index in [-0.39, 0.29) is 37.3 Å². The molecule has 0 aromatic heterocycles. The summed E-state index contributed by atoms with van der Waals surface area (Å²) in [6.45, 7) is 3.68. The van der Waals surface area contributed by atoms with Crippen LogP contribution in [0.25, 0.3) is 11.1 Å². The van der Waals surface area contributed by atoms with Crippen molar-refractivity contribution in [3.05, 3.63) is 59.7 Å². The van der Waals surface area contributed by atoms with Crippen LogP contribution in [0.4, 0.5) is 4.79 Å². The third-order valence-corrected chi connectivity index (χ3v) is 5.22. The quantitative estimate of drug-likeness (QED) is 0.620. The maximum Gasteiger partial charge on any atom is 0.407 e. The Kier molecular flexibility index (Phi) is 6.72. The van der Waals surface area contributed by atoms with Gasteiger partial charge in [-0.05, 0) is 35.1 Å². The van der Waals surface area contributed by atoms with Crippen LogP contribution in [-0.2, 0) is 14.3 Å². The molecular formula is C23H26N2O5. The molecular weight excluding hydrogens is 384 g/mol. The lowest BCUT2D eigenvalue weighted by molar-refractivity contribution is -0.138. The summed E-state index contributed by atoms with van der Waals surface area (Å²) in [5, 5.41) is 13.9. The van der Waals surface area contributed by atoms with Gasteiger partial charge >= 0.3 is 12.1 Å². The van der Waals surface area contributed by atoms with Crippen molar-refractivity contribution in [1.82, 2.24) is 10.6 Å². The van der Waals surface area contributed by atoms with E-state index in [1.807, 2.05) is 36.4 Å². The Labute approximate surface area is 175 Å². The summed E-state index contributed by atoms with van der Waals surface area (Å²) in [4.78, 5) is 35.0. The van der Waals surface area contributed by atoms with Crippen LogP contribution in [0.3, 0.4) is 0 Å². The molecule has 3 N–H and O–H groups in total. The Morgan fingerprint density at radius 1 is 1.00 bits per heavy atom. The molecule has 30 heavy (non-hydrogen) atoms. The minimum Gasteiger partial charge on any atom is -0.481 e. The number of hydrogen-bond acceptors (Lipinski definition) is 4. The van der Waals surface area contributed by atoms with Gasteiger partial charge in [-0.3, -0.25) is 9.59 Å². The number of alkyl carbamates (subject to hydrolysis) is 1. The number of aliphatic carboxylic acids is 1. The van der Waals surface area contributed by atoms with Gasteiger partial charge in [-0.15, -0.1) is 0 Å². The first-order valence-electron chi connectivity index (χ1n) is 9.97. The first kappa shape index (κ1) is 21.4. The van der Waals surface area contributed by atoms with Crippen LogP contribution in [0.5, 0.6) is 0 Å². The molecule has 1 aliphatic carbocycles. The zero-order valence-electron chi connectivity index (χ0n) is 17.1. The van der Waals surface area contributed by atoms with E-state index < -0.39 is 18.1 Å². The largest absolute Gasteiger partial charge is 0.481 e. The molecule has 1 unspecified atom stereocenters. The average molecular weight is 410 g/mol. The lowest BCUT2D eigenvalue weighted by Crippen LogP contribution is -2.46. The molecule has 0 heterocycles. The number of benzene rings is 2. The molecule has 0 aliphatic heterocycles. The van der Waals surface area contributed by atoms with Gasteiger partial charge < -0.3 is 20.5 Å². The van der Waals surface area contributed by atoms with Crippen LogP contribution >= 0.6 is 0 Å². The van der Waals surface area contributed by atoms with Crippen molar-refractivity contribution in [3.8, 4) is 11.1 Å². The number of fused-ring (bicyclic) bond motifs is 3. The van der Waals surface area contributed by atoms with Crippen LogP contribution in [0.15, 0.2) is 48.5 Å². The SMILES string of the molecule is CC(CNC(=O)[C@@H](C)NC(=O)OCC1c2ccccc2-c2ccccc21)CC(=O)O. The second kappa shape index (κ2) is 9.43. The highest BCUT2D eigenvalue weighted by molar-refractivity contribution is 5.85. The number of nitrogens with one attached hydrogen (secondary N) is 2. The summed E-state index contributed by atoms with van der Waals surface area (Å²) in [5.41, 5.74) is 4.52. The Bertz CT molecular complexity index is 897.